The van der Waals surface area contributed by atoms with Crippen molar-refractivity contribution in [3.05, 3.63) is 244 Å². The van der Waals surface area contributed by atoms with Gasteiger partial charge in [-0.25, -0.2) is 8.78 Å². The fourth-order valence-electron chi connectivity index (χ4n) is 12.3. The average Bonchev–Trinajstić information content (AvgIpc) is 3.94. The SMILES string of the molecule is CC1(C)c2ccccc2-c2ccc(N(c3ccc4c(c3)C(C)(C)c3cc(-c5ccccc5)ccc3-4)c3cc(F)cc4c3-c3ccc(F)cc3C43c4ccccc4-c4ccccc43)cc21. The smallest absolute Gasteiger partial charge is 0.125 e. The average molecular weight is 828 g/mol. The Labute approximate surface area is 373 Å². The number of hydrogen-bond donors (Lipinski definition) is 0. The molecule has 0 fully saturated rings. The van der Waals surface area contributed by atoms with Gasteiger partial charge in [-0.15, -0.1) is 0 Å². The van der Waals surface area contributed by atoms with Crippen LogP contribution in [0.5, 0.6) is 0 Å². The molecule has 0 unspecified atom stereocenters. The molecule has 4 aliphatic carbocycles. The maximum atomic E-state index is 17.2. The van der Waals surface area contributed by atoms with E-state index in [0.717, 1.165) is 61.6 Å². The third-order valence-corrected chi connectivity index (χ3v) is 15.2. The maximum Gasteiger partial charge on any atom is 0.125 e. The predicted molar refractivity (Wildman–Crippen MR) is 258 cm³/mol. The van der Waals surface area contributed by atoms with Crippen LogP contribution < -0.4 is 4.90 Å². The Morgan fingerprint density at radius 3 is 1.42 bits per heavy atom. The number of benzene rings is 9. The van der Waals surface area contributed by atoms with Gasteiger partial charge in [-0.2, -0.15) is 0 Å². The molecular formula is C61H43F2N. The molecule has 9 aromatic rings. The minimum Gasteiger partial charge on any atom is -0.310 e. The molecule has 0 bridgehead atoms. The van der Waals surface area contributed by atoms with Gasteiger partial charge in [0.05, 0.1) is 11.1 Å². The molecule has 0 atom stereocenters. The highest BCUT2D eigenvalue weighted by Gasteiger charge is 2.53. The molecule has 0 aromatic heterocycles. The molecule has 306 valence electrons. The number of hydrogen-bond acceptors (Lipinski definition) is 1. The number of fused-ring (bicyclic) bond motifs is 16. The largest absolute Gasteiger partial charge is 0.310 e. The summed E-state index contributed by atoms with van der Waals surface area (Å²) in [6, 6.07) is 65.0. The van der Waals surface area contributed by atoms with Crippen LogP contribution in [-0.4, -0.2) is 0 Å². The molecule has 0 radical (unpaired) electrons. The summed E-state index contributed by atoms with van der Waals surface area (Å²) in [6.45, 7) is 9.24. The standard InChI is InChI=1S/C61H43F2N/c1-59(2)49-19-11-8-16-42(49)46-28-24-40(34-53(46)59)64(41-25-29-47-45-26-22-37(36-14-6-5-7-15-36)30-52(45)60(3,4)54(47)35-41)57-33-39(63)32-56-58(57)48-27-23-38(62)31-55(48)61(56)50-20-12-9-17-43(50)44-18-10-13-21-51(44)61/h5-35H,1-4H3. The number of rotatable bonds is 4. The van der Waals surface area contributed by atoms with Gasteiger partial charge >= 0.3 is 0 Å². The van der Waals surface area contributed by atoms with Gasteiger partial charge in [0.25, 0.3) is 0 Å². The molecule has 1 nitrogen and oxygen atoms in total. The minimum atomic E-state index is -0.928. The van der Waals surface area contributed by atoms with Gasteiger partial charge in [0.2, 0.25) is 0 Å². The van der Waals surface area contributed by atoms with Gasteiger partial charge < -0.3 is 4.90 Å². The van der Waals surface area contributed by atoms with E-state index in [1.54, 1.807) is 24.3 Å². The van der Waals surface area contributed by atoms with Crippen LogP contribution in [0.15, 0.2) is 188 Å². The molecule has 0 amide bonds. The molecule has 3 heteroatoms. The lowest BCUT2D eigenvalue weighted by Gasteiger charge is -2.33. The van der Waals surface area contributed by atoms with Gasteiger partial charge in [-0.1, -0.05) is 161 Å². The minimum absolute atomic E-state index is 0.263. The first-order chi connectivity index (χ1) is 31.1. The van der Waals surface area contributed by atoms with Crippen LogP contribution in [0.2, 0.25) is 0 Å². The van der Waals surface area contributed by atoms with Gasteiger partial charge in [0.15, 0.2) is 0 Å². The first kappa shape index (κ1) is 37.2. The first-order valence-electron chi connectivity index (χ1n) is 22.3. The van der Waals surface area contributed by atoms with Crippen molar-refractivity contribution in [2.45, 2.75) is 43.9 Å². The van der Waals surface area contributed by atoms with Gasteiger partial charge in [0.1, 0.15) is 11.6 Å². The highest BCUT2D eigenvalue weighted by molar-refractivity contribution is 6.02. The topological polar surface area (TPSA) is 3.24 Å². The molecule has 0 saturated heterocycles. The zero-order valence-corrected chi connectivity index (χ0v) is 36.1. The van der Waals surface area contributed by atoms with Crippen LogP contribution in [0.4, 0.5) is 25.8 Å². The summed E-state index contributed by atoms with van der Waals surface area (Å²) in [6.07, 6.45) is 0. The quantitative estimate of drug-likeness (QED) is 0.171. The van der Waals surface area contributed by atoms with Crippen LogP contribution in [0.1, 0.15) is 72.2 Å². The number of anilines is 3. The lowest BCUT2D eigenvalue weighted by atomic mass is 9.70. The van der Waals surface area contributed by atoms with Crippen LogP contribution in [-0.2, 0) is 16.2 Å². The summed E-state index contributed by atoms with van der Waals surface area (Å²) >= 11 is 0. The third-order valence-electron chi connectivity index (χ3n) is 15.2. The van der Waals surface area contributed by atoms with Crippen LogP contribution in [0.25, 0.3) is 55.6 Å². The van der Waals surface area contributed by atoms with Gasteiger partial charge in [0, 0.05) is 27.8 Å². The van der Waals surface area contributed by atoms with E-state index in [1.807, 2.05) is 18.2 Å². The Morgan fingerprint density at radius 1 is 0.328 bits per heavy atom. The zero-order chi connectivity index (χ0) is 43.3. The van der Waals surface area contributed by atoms with E-state index >= 15 is 8.78 Å². The molecule has 1 spiro atoms. The highest BCUT2D eigenvalue weighted by atomic mass is 19.1. The van der Waals surface area contributed by atoms with Crippen molar-refractivity contribution < 1.29 is 8.78 Å². The monoisotopic (exact) mass is 827 g/mol. The molecule has 13 rings (SSSR count). The fraction of sp³-hybridized carbons (Fsp3) is 0.115. The molecule has 0 N–H and O–H groups in total. The summed E-state index contributed by atoms with van der Waals surface area (Å²) < 4.78 is 33.1. The van der Waals surface area contributed by atoms with Gasteiger partial charge in [-0.05, 0) is 149 Å². The Morgan fingerprint density at radius 2 is 0.797 bits per heavy atom. The van der Waals surface area contributed by atoms with Crippen molar-refractivity contribution in [2.75, 3.05) is 4.90 Å². The van der Waals surface area contributed by atoms with Gasteiger partial charge in [-0.3, -0.25) is 0 Å². The van der Waals surface area contributed by atoms with Crippen molar-refractivity contribution in [2.24, 2.45) is 0 Å². The number of nitrogens with zero attached hydrogens (tertiary/aromatic N) is 1. The van der Waals surface area contributed by atoms with Crippen LogP contribution in [0.3, 0.4) is 0 Å². The molecule has 0 aliphatic heterocycles. The second kappa shape index (κ2) is 12.9. The molecular weight excluding hydrogens is 785 g/mol. The van der Waals surface area contributed by atoms with E-state index in [9.17, 15) is 0 Å². The lowest BCUT2D eigenvalue weighted by Crippen LogP contribution is -2.26. The molecule has 0 heterocycles. The highest BCUT2D eigenvalue weighted by Crippen LogP contribution is 2.65. The van der Waals surface area contributed by atoms with Crippen molar-refractivity contribution in [3.8, 4) is 55.6 Å². The van der Waals surface area contributed by atoms with Crippen molar-refractivity contribution in [1.82, 2.24) is 0 Å². The number of halogens is 2. The summed E-state index contributed by atoms with van der Waals surface area (Å²) in [4.78, 5) is 2.27. The Hall–Kier alpha value is -7.36. The van der Waals surface area contributed by atoms with E-state index in [2.05, 4.69) is 178 Å². The molecule has 4 aliphatic rings. The van der Waals surface area contributed by atoms with Crippen LogP contribution in [0, 0.1) is 11.6 Å². The predicted octanol–water partition coefficient (Wildman–Crippen LogP) is 16.1. The van der Waals surface area contributed by atoms with E-state index in [1.165, 1.54) is 55.6 Å². The van der Waals surface area contributed by atoms with E-state index in [0.29, 0.717) is 0 Å². The van der Waals surface area contributed by atoms with Crippen molar-refractivity contribution in [3.63, 3.8) is 0 Å². The van der Waals surface area contributed by atoms with Crippen molar-refractivity contribution in [1.29, 1.82) is 0 Å². The summed E-state index contributed by atoms with van der Waals surface area (Å²) in [5.41, 5.74) is 21.1. The van der Waals surface area contributed by atoms with Crippen LogP contribution >= 0.6 is 0 Å². The Bertz CT molecular complexity index is 3440. The normalized spacial score (nSPS) is 15.4. The zero-order valence-electron chi connectivity index (χ0n) is 36.1. The Kier molecular flexibility index (Phi) is 7.48. The van der Waals surface area contributed by atoms with E-state index in [4.69, 9.17) is 0 Å². The first-order valence-corrected chi connectivity index (χ1v) is 22.3. The van der Waals surface area contributed by atoms with Crippen molar-refractivity contribution >= 4 is 17.1 Å². The fourth-order valence-corrected chi connectivity index (χ4v) is 12.3. The summed E-state index contributed by atoms with van der Waals surface area (Å²) in [7, 11) is 0. The molecule has 9 aromatic carbocycles. The molecule has 64 heavy (non-hydrogen) atoms. The summed E-state index contributed by atoms with van der Waals surface area (Å²) in [5.74, 6) is -0.660. The second-order valence-electron chi connectivity index (χ2n) is 19.1. The third kappa shape index (κ3) is 4.77. The molecule has 0 saturated carbocycles. The lowest BCUT2D eigenvalue weighted by molar-refractivity contribution is 0.618. The second-order valence-corrected chi connectivity index (χ2v) is 19.1. The van der Waals surface area contributed by atoms with E-state index < -0.39 is 5.41 Å². The van der Waals surface area contributed by atoms with E-state index in [-0.39, 0.29) is 22.5 Å². The Balaban J connectivity index is 1.08. The summed E-state index contributed by atoms with van der Waals surface area (Å²) in [5, 5.41) is 0. The maximum absolute atomic E-state index is 17.2.